The van der Waals surface area contributed by atoms with Crippen molar-refractivity contribution in [1.82, 2.24) is 10.2 Å². The van der Waals surface area contributed by atoms with Gasteiger partial charge in [-0.2, -0.15) is 0 Å². The topological polar surface area (TPSA) is 69.6 Å². The zero-order valence-corrected chi connectivity index (χ0v) is 12.9. The molecule has 1 fully saturated rings. The SMILES string of the molecule is CCC1CCCN(C(=O)NC(CC)(CC)C(=O)O)CC1. The maximum absolute atomic E-state index is 12.3. The van der Waals surface area contributed by atoms with Gasteiger partial charge in [0, 0.05) is 13.1 Å². The van der Waals surface area contributed by atoms with Crippen LogP contribution in [0.15, 0.2) is 0 Å². The number of rotatable bonds is 5. The fraction of sp³-hybridized carbons (Fsp3) is 0.867. The molecule has 2 amide bonds. The number of urea groups is 1. The van der Waals surface area contributed by atoms with Crippen LogP contribution < -0.4 is 5.32 Å². The molecule has 116 valence electrons. The molecule has 0 bridgehead atoms. The van der Waals surface area contributed by atoms with Crippen molar-refractivity contribution in [1.29, 1.82) is 0 Å². The van der Waals surface area contributed by atoms with Crippen molar-refractivity contribution in [2.24, 2.45) is 5.92 Å². The smallest absolute Gasteiger partial charge is 0.329 e. The van der Waals surface area contributed by atoms with Gasteiger partial charge in [-0.05, 0) is 38.0 Å². The summed E-state index contributed by atoms with van der Waals surface area (Å²) < 4.78 is 0. The average Bonchev–Trinajstić information content (AvgIpc) is 2.69. The normalized spacial score (nSPS) is 20.4. The van der Waals surface area contributed by atoms with Gasteiger partial charge in [0.05, 0.1) is 0 Å². The molecule has 1 saturated heterocycles. The van der Waals surface area contributed by atoms with Crippen LogP contribution in [0, 0.1) is 5.92 Å². The highest BCUT2D eigenvalue weighted by Gasteiger charge is 2.37. The van der Waals surface area contributed by atoms with E-state index < -0.39 is 11.5 Å². The van der Waals surface area contributed by atoms with Gasteiger partial charge in [0.1, 0.15) is 5.54 Å². The Labute approximate surface area is 121 Å². The lowest BCUT2D eigenvalue weighted by Gasteiger charge is -2.31. The summed E-state index contributed by atoms with van der Waals surface area (Å²) in [6, 6.07) is -0.229. The molecule has 5 nitrogen and oxygen atoms in total. The summed E-state index contributed by atoms with van der Waals surface area (Å²) in [5.74, 6) is -0.258. The number of hydrogen-bond acceptors (Lipinski definition) is 2. The first-order valence-corrected chi connectivity index (χ1v) is 7.79. The highest BCUT2D eigenvalue weighted by atomic mass is 16.4. The number of likely N-dealkylation sites (tertiary alicyclic amines) is 1. The predicted molar refractivity (Wildman–Crippen MR) is 78.7 cm³/mol. The molecule has 20 heavy (non-hydrogen) atoms. The summed E-state index contributed by atoms with van der Waals surface area (Å²) in [6.07, 6.45) is 5.13. The van der Waals surface area contributed by atoms with Crippen LogP contribution in [0.2, 0.25) is 0 Å². The Hall–Kier alpha value is -1.26. The van der Waals surface area contributed by atoms with Crippen molar-refractivity contribution in [3.05, 3.63) is 0 Å². The Morgan fingerprint density at radius 3 is 2.35 bits per heavy atom. The Balaban J connectivity index is 2.67. The van der Waals surface area contributed by atoms with E-state index in [9.17, 15) is 14.7 Å². The Bertz CT molecular complexity index is 340. The van der Waals surface area contributed by atoms with Gasteiger partial charge >= 0.3 is 12.0 Å². The van der Waals surface area contributed by atoms with E-state index in [4.69, 9.17) is 0 Å². The summed E-state index contributed by atoms with van der Waals surface area (Å²) in [5, 5.41) is 12.1. The van der Waals surface area contributed by atoms with E-state index in [0.717, 1.165) is 38.8 Å². The summed E-state index contributed by atoms with van der Waals surface area (Å²) >= 11 is 0. The second-order valence-corrected chi connectivity index (χ2v) is 5.72. The lowest BCUT2D eigenvalue weighted by molar-refractivity contribution is -0.144. The zero-order valence-electron chi connectivity index (χ0n) is 12.9. The molecule has 1 atom stereocenters. The molecule has 0 radical (unpaired) electrons. The summed E-state index contributed by atoms with van der Waals surface area (Å²) in [4.78, 5) is 25.5. The number of carbonyl (C=O) groups is 2. The number of hydrogen-bond donors (Lipinski definition) is 2. The molecule has 0 aromatic heterocycles. The number of carboxylic acids is 1. The second kappa shape index (κ2) is 7.50. The molecule has 1 rings (SSSR count). The Morgan fingerprint density at radius 1 is 1.20 bits per heavy atom. The van der Waals surface area contributed by atoms with Crippen LogP contribution in [0.1, 0.15) is 59.3 Å². The second-order valence-electron chi connectivity index (χ2n) is 5.72. The number of carboxylic acid groups (broad SMARTS) is 1. The molecule has 0 aromatic carbocycles. The monoisotopic (exact) mass is 284 g/mol. The summed E-state index contributed by atoms with van der Waals surface area (Å²) in [5.41, 5.74) is -1.13. The first kappa shape index (κ1) is 16.8. The summed E-state index contributed by atoms with van der Waals surface area (Å²) in [6.45, 7) is 7.24. The highest BCUT2D eigenvalue weighted by molar-refractivity contribution is 5.86. The van der Waals surface area contributed by atoms with Crippen LogP contribution >= 0.6 is 0 Å². The van der Waals surface area contributed by atoms with E-state index in [0.29, 0.717) is 18.8 Å². The van der Waals surface area contributed by atoms with Gasteiger partial charge in [-0.25, -0.2) is 9.59 Å². The molecule has 5 heteroatoms. The minimum Gasteiger partial charge on any atom is -0.480 e. The standard InChI is InChI=1S/C15H28N2O3/c1-4-12-8-7-10-17(11-9-12)14(20)16-15(5-2,6-3)13(18)19/h12H,4-11H2,1-3H3,(H,16,20)(H,18,19). The van der Waals surface area contributed by atoms with E-state index in [1.165, 1.54) is 0 Å². The van der Waals surface area contributed by atoms with Crippen LogP contribution in [0.3, 0.4) is 0 Å². The Morgan fingerprint density at radius 2 is 1.85 bits per heavy atom. The molecule has 0 aromatic rings. The van der Waals surface area contributed by atoms with Gasteiger partial charge in [0.15, 0.2) is 0 Å². The molecule has 0 spiro atoms. The van der Waals surface area contributed by atoms with Gasteiger partial charge in [0.25, 0.3) is 0 Å². The van der Waals surface area contributed by atoms with Crippen molar-refractivity contribution >= 4 is 12.0 Å². The third-order valence-electron chi connectivity index (χ3n) is 4.67. The maximum atomic E-state index is 12.3. The van der Waals surface area contributed by atoms with Crippen LogP contribution in [0.4, 0.5) is 4.79 Å². The first-order chi connectivity index (χ1) is 9.49. The van der Waals surface area contributed by atoms with Crippen molar-refractivity contribution < 1.29 is 14.7 Å². The van der Waals surface area contributed by atoms with E-state index in [1.54, 1.807) is 18.7 Å². The third kappa shape index (κ3) is 3.87. The minimum absolute atomic E-state index is 0.229. The van der Waals surface area contributed by atoms with Gasteiger partial charge in [-0.3, -0.25) is 0 Å². The number of carbonyl (C=O) groups excluding carboxylic acids is 1. The minimum atomic E-state index is -1.13. The predicted octanol–water partition coefficient (Wildman–Crippen LogP) is 2.85. The number of aliphatic carboxylic acids is 1. The first-order valence-electron chi connectivity index (χ1n) is 7.79. The molecule has 1 unspecified atom stereocenters. The lowest BCUT2D eigenvalue weighted by atomic mass is 9.93. The summed E-state index contributed by atoms with van der Waals surface area (Å²) in [7, 11) is 0. The fourth-order valence-corrected chi connectivity index (χ4v) is 2.84. The van der Waals surface area contributed by atoms with Crippen molar-refractivity contribution in [2.45, 2.75) is 64.8 Å². The van der Waals surface area contributed by atoms with E-state index in [2.05, 4.69) is 12.2 Å². The number of amides is 2. The largest absolute Gasteiger partial charge is 0.480 e. The molecular weight excluding hydrogens is 256 g/mol. The highest BCUT2D eigenvalue weighted by Crippen LogP contribution is 2.21. The molecule has 2 N–H and O–H groups in total. The average molecular weight is 284 g/mol. The third-order valence-corrected chi connectivity index (χ3v) is 4.67. The molecule has 1 heterocycles. The van der Waals surface area contributed by atoms with E-state index in [-0.39, 0.29) is 6.03 Å². The van der Waals surface area contributed by atoms with Gasteiger partial charge in [0.2, 0.25) is 0 Å². The lowest BCUT2D eigenvalue weighted by Crippen LogP contribution is -2.57. The van der Waals surface area contributed by atoms with Crippen LogP contribution in [-0.4, -0.2) is 40.6 Å². The quantitative estimate of drug-likeness (QED) is 0.815. The number of nitrogens with one attached hydrogen (secondary N) is 1. The van der Waals surface area contributed by atoms with Crippen molar-refractivity contribution in [2.75, 3.05) is 13.1 Å². The van der Waals surface area contributed by atoms with Gasteiger partial charge in [-0.15, -0.1) is 0 Å². The van der Waals surface area contributed by atoms with E-state index >= 15 is 0 Å². The van der Waals surface area contributed by atoms with Crippen molar-refractivity contribution in [3.8, 4) is 0 Å². The maximum Gasteiger partial charge on any atom is 0.329 e. The van der Waals surface area contributed by atoms with E-state index in [1.807, 2.05) is 0 Å². The molecule has 1 aliphatic heterocycles. The van der Waals surface area contributed by atoms with Crippen molar-refractivity contribution in [3.63, 3.8) is 0 Å². The van der Waals surface area contributed by atoms with Gasteiger partial charge < -0.3 is 15.3 Å². The van der Waals surface area contributed by atoms with Crippen LogP contribution in [0.25, 0.3) is 0 Å². The van der Waals surface area contributed by atoms with Crippen LogP contribution in [-0.2, 0) is 4.79 Å². The molecule has 0 aliphatic carbocycles. The zero-order chi connectivity index (χ0) is 15.2. The number of nitrogens with zero attached hydrogens (tertiary/aromatic N) is 1. The molecular formula is C15H28N2O3. The molecule has 0 saturated carbocycles. The fourth-order valence-electron chi connectivity index (χ4n) is 2.84. The van der Waals surface area contributed by atoms with Crippen LogP contribution in [0.5, 0.6) is 0 Å². The Kier molecular flexibility index (Phi) is 6.30. The molecule has 1 aliphatic rings. The van der Waals surface area contributed by atoms with Gasteiger partial charge in [-0.1, -0.05) is 27.2 Å².